The van der Waals surface area contributed by atoms with Crippen LogP contribution in [-0.2, 0) is 10.0 Å². The SMILES string of the molecule is CN1CC(CN)CC1c1cccc(NS(C)(=O)=O)c1. The smallest absolute Gasteiger partial charge is 0.229 e. The fourth-order valence-corrected chi connectivity index (χ4v) is 3.24. The van der Waals surface area contributed by atoms with Crippen molar-refractivity contribution in [1.29, 1.82) is 0 Å². The number of nitrogens with zero attached hydrogens (tertiary/aromatic N) is 1. The van der Waals surface area contributed by atoms with Gasteiger partial charge in [0.25, 0.3) is 0 Å². The van der Waals surface area contributed by atoms with Crippen molar-refractivity contribution in [3.8, 4) is 0 Å². The molecular formula is C13H21N3O2S. The average Bonchev–Trinajstić information content (AvgIpc) is 2.69. The molecule has 0 spiro atoms. The van der Waals surface area contributed by atoms with Gasteiger partial charge in [-0.3, -0.25) is 9.62 Å². The minimum Gasteiger partial charge on any atom is -0.330 e. The molecule has 0 bridgehead atoms. The van der Waals surface area contributed by atoms with E-state index in [1.165, 1.54) is 0 Å². The number of likely N-dealkylation sites (tertiary alicyclic amines) is 1. The van der Waals surface area contributed by atoms with Gasteiger partial charge in [0.2, 0.25) is 10.0 Å². The van der Waals surface area contributed by atoms with Crippen LogP contribution in [0.4, 0.5) is 5.69 Å². The molecule has 1 aliphatic rings. The number of benzene rings is 1. The zero-order valence-electron chi connectivity index (χ0n) is 11.3. The topological polar surface area (TPSA) is 75.4 Å². The summed E-state index contributed by atoms with van der Waals surface area (Å²) >= 11 is 0. The molecule has 0 aromatic heterocycles. The summed E-state index contributed by atoms with van der Waals surface area (Å²) in [5, 5.41) is 0. The summed E-state index contributed by atoms with van der Waals surface area (Å²) in [4.78, 5) is 2.27. The molecule has 2 rings (SSSR count). The van der Waals surface area contributed by atoms with E-state index in [1.54, 1.807) is 6.07 Å². The minimum atomic E-state index is -3.23. The molecule has 1 aromatic carbocycles. The number of hydrogen-bond donors (Lipinski definition) is 2. The Kier molecular flexibility index (Phi) is 4.13. The Morgan fingerprint density at radius 2 is 2.21 bits per heavy atom. The Labute approximate surface area is 114 Å². The molecular weight excluding hydrogens is 262 g/mol. The Balaban J connectivity index is 2.19. The molecule has 0 amide bonds. The summed E-state index contributed by atoms with van der Waals surface area (Å²) in [5.41, 5.74) is 7.48. The highest BCUT2D eigenvalue weighted by Gasteiger charge is 2.29. The van der Waals surface area contributed by atoms with Crippen LogP contribution >= 0.6 is 0 Å². The van der Waals surface area contributed by atoms with Crippen LogP contribution in [-0.4, -0.2) is 39.7 Å². The van der Waals surface area contributed by atoms with Gasteiger partial charge in [0.1, 0.15) is 0 Å². The van der Waals surface area contributed by atoms with Crippen molar-refractivity contribution >= 4 is 15.7 Å². The molecule has 6 heteroatoms. The lowest BCUT2D eigenvalue weighted by molar-refractivity contribution is 0.314. The first kappa shape index (κ1) is 14.3. The summed E-state index contributed by atoms with van der Waals surface area (Å²) in [6, 6.07) is 7.90. The van der Waals surface area contributed by atoms with E-state index < -0.39 is 10.0 Å². The largest absolute Gasteiger partial charge is 0.330 e. The normalized spacial score (nSPS) is 24.6. The maximum atomic E-state index is 11.3. The van der Waals surface area contributed by atoms with Crippen LogP contribution in [0.15, 0.2) is 24.3 Å². The summed E-state index contributed by atoms with van der Waals surface area (Å²) < 4.78 is 25.0. The maximum absolute atomic E-state index is 11.3. The van der Waals surface area contributed by atoms with Gasteiger partial charge in [0.15, 0.2) is 0 Å². The van der Waals surface area contributed by atoms with E-state index in [0.717, 1.165) is 24.8 Å². The molecule has 1 fully saturated rings. The first-order chi connectivity index (χ1) is 8.89. The molecule has 5 nitrogen and oxygen atoms in total. The Morgan fingerprint density at radius 1 is 1.47 bits per heavy atom. The lowest BCUT2D eigenvalue weighted by atomic mass is 9.99. The molecule has 2 unspecified atom stereocenters. The molecule has 106 valence electrons. The van der Waals surface area contributed by atoms with Crippen molar-refractivity contribution in [2.45, 2.75) is 12.5 Å². The third-order valence-electron chi connectivity index (χ3n) is 3.54. The molecule has 3 N–H and O–H groups in total. The van der Waals surface area contributed by atoms with Crippen molar-refractivity contribution in [2.24, 2.45) is 11.7 Å². The van der Waals surface area contributed by atoms with Crippen molar-refractivity contribution in [3.05, 3.63) is 29.8 Å². The monoisotopic (exact) mass is 283 g/mol. The van der Waals surface area contributed by atoms with Crippen molar-refractivity contribution in [3.63, 3.8) is 0 Å². The molecule has 19 heavy (non-hydrogen) atoms. The third-order valence-corrected chi connectivity index (χ3v) is 4.15. The summed E-state index contributed by atoms with van der Waals surface area (Å²) in [6.45, 7) is 1.69. The Hall–Kier alpha value is -1.11. The summed E-state index contributed by atoms with van der Waals surface area (Å²) in [7, 11) is -1.15. The molecule has 1 saturated heterocycles. The quantitative estimate of drug-likeness (QED) is 0.865. The van der Waals surface area contributed by atoms with Crippen LogP contribution in [0.25, 0.3) is 0 Å². The van der Waals surface area contributed by atoms with Crippen molar-refractivity contribution in [1.82, 2.24) is 4.90 Å². The highest BCUT2D eigenvalue weighted by atomic mass is 32.2. The van der Waals surface area contributed by atoms with E-state index in [9.17, 15) is 8.42 Å². The summed E-state index contributed by atoms with van der Waals surface area (Å²) in [5.74, 6) is 0.515. The van der Waals surface area contributed by atoms with Crippen LogP contribution in [0.5, 0.6) is 0 Å². The van der Waals surface area contributed by atoms with Crippen LogP contribution in [0, 0.1) is 5.92 Å². The number of rotatable bonds is 4. The average molecular weight is 283 g/mol. The highest BCUT2D eigenvalue weighted by molar-refractivity contribution is 7.92. The van der Waals surface area contributed by atoms with E-state index in [2.05, 4.69) is 16.7 Å². The zero-order valence-corrected chi connectivity index (χ0v) is 12.2. The van der Waals surface area contributed by atoms with E-state index in [1.807, 2.05) is 18.2 Å². The molecule has 0 saturated carbocycles. The molecule has 1 heterocycles. The Morgan fingerprint density at radius 3 is 2.79 bits per heavy atom. The van der Waals surface area contributed by atoms with E-state index in [0.29, 0.717) is 24.2 Å². The van der Waals surface area contributed by atoms with E-state index in [-0.39, 0.29) is 0 Å². The molecule has 0 aliphatic carbocycles. The van der Waals surface area contributed by atoms with Crippen molar-refractivity contribution < 1.29 is 8.42 Å². The minimum absolute atomic E-state index is 0.315. The van der Waals surface area contributed by atoms with Gasteiger partial charge < -0.3 is 5.73 Å². The second-order valence-electron chi connectivity index (χ2n) is 5.29. The van der Waals surface area contributed by atoms with Gasteiger partial charge >= 0.3 is 0 Å². The second kappa shape index (κ2) is 5.48. The van der Waals surface area contributed by atoms with Gasteiger partial charge in [0, 0.05) is 18.3 Å². The Bertz CT molecular complexity index is 545. The molecule has 0 radical (unpaired) electrons. The maximum Gasteiger partial charge on any atom is 0.229 e. The van der Waals surface area contributed by atoms with Crippen LogP contribution in [0.3, 0.4) is 0 Å². The lowest BCUT2D eigenvalue weighted by Crippen LogP contribution is -2.20. The van der Waals surface area contributed by atoms with E-state index >= 15 is 0 Å². The molecule has 2 atom stereocenters. The van der Waals surface area contributed by atoms with Gasteiger partial charge in [-0.2, -0.15) is 0 Å². The fourth-order valence-electron chi connectivity index (χ4n) is 2.69. The standard InChI is InChI=1S/C13H21N3O2S/c1-16-9-10(8-14)6-13(16)11-4-3-5-12(7-11)15-19(2,17)18/h3-5,7,10,13,15H,6,8-9,14H2,1-2H3. The van der Waals surface area contributed by atoms with E-state index in [4.69, 9.17) is 5.73 Å². The van der Waals surface area contributed by atoms with Crippen LogP contribution < -0.4 is 10.5 Å². The molecule has 1 aromatic rings. The third kappa shape index (κ3) is 3.68. The predicted octanol–water partition coefficient (Wildman–Crippen LogP) is 1.01. The van der Waals surface area contributed by atoms with Gasteiger partial charge in [-0.1, -0.05) is 12.1 Å². The van der Waals surface area contributed by atoms with Gasteiger partial charge in [-0.05, 0) is 43.6 Å². The zero-order chi connectivity index (χ0) is 14.0. The van der Waals surface area contributed by atoms with Gasteiger partial charge in [-0.25, -0.2) is 8.42 Å². The highest BCUT2D eigenvalue weighted by Crippen LogP contribution is 2.34. The number of nitrogens with two attached hydrogens (primary N) is 1. The van der Waals surface area contributed by atoms with Crippen LogP contribution in [0.2, 0.25) is 0 Å². The second-order valence-corrected chi connectivity index (χ2v) is 7.04. The first-order valence-corrected chi connectivity index (χ1v) is 8.26. The van der Waals surface area contributed by atoms with Crippen molar-refractivity contribution in [2.75, 3.05) is 31.1 Å². The van der Waals surface area contributed by atoms with Gasteiger partial charge in [-0.15, -0.1) is 0 Å². The van der Waals surface area contributed by atoms with Crippen LogP contribution in [0.1, 0.15) is 18.0 Å². The van der Waals surface area contributed by atoms with Gasteiger partial charge in [0.05, 0.1) is 6.26 Å². The predicted molar refractivity (Wildman–Crippen MR) is 77.4 cm³/mol. The summed E-state index contributed by atoms with van der Waals surface area (Å²) in [6.07, 6.45) is 2.18. The first-order valence-electron chi connectivity index (χ1n) is 6.37. The number of anilines is 1. The lowest BCUT2D eigenvalue weighted by Gasteiger charge is -2.20. The number of sulfonamides is 1. The number of hydrogen-bond acceptors (Lipinski definition) is 4. The molecule has 1 aliphatic heterocycles. The number of nitrogens with one attached hydrogen (secondary N) is 1. The fraction of sp³-hybridized carbons (Fsp3) is 0.538.